The van der Waals surface area contributed by atoms with Crippen molar-refractivity contribution in [3.8, 4) is 0 Å². The third kappa shape index (κ3) is 8.87. The molecule has 0 saturated carbocycles. The number of halogens is 3. The molecule has 122 valence electrons. The van der Waals surface area contributed by atoms with Gasteiger partial charge in [-0.1, -0.05) is 20.8 Å². The summed E-state index contributed by atoms with van der Waals surface area (Å²) in [7, 11) is 0. The van der Waals surface area contributed by atoms with Crippen LogP contribution in [-0.2, 0) is 19.1 Å². The Kier molecular flexibility index (Phi) is 6.65. The molecule has 1 atom stereocenters. The van der Waals surface area contributed by atoms with Gasteiger partial charge < -0.3 is 20.0 Å². The number of carbonyl (C=O) groups excluding carboxylic acids is 3. The van der Waals surface area contributed by atoms with E-state index in [0.717, 1.165) is 0 Å². The molecular weight excluding hydrogens is 295 g/mol. The Hall–Kier alpha value is -1.80. The lowest BCUT2D eigenvalue weighted by Gasteiger charge is -2.22. The summed E-state index contributed by atoms with van der Waals surface area (Å²) in [4.78, 5) is 32.8. The first-order valence-corrected chi connectivity index (χ1v) is 6.07. The van der Waals surface area contributed by atoms with Gasteiger partial charge in [-0.2, -0.15) is 13.2 Å². The minimum atomic E-state index is -5.18. The molecule has 6 nitrogen and oxygen atoms in total. The van der Waals surface area contributed by atoms with Gasteiger partial charge in [-0.3, -0.25) is 4.79 Å². The van der Waals surface area contributed by atoms with E-state index in [0.29, 0.717) is 0 Å². The van der Waals surface area contributed by atoms with Crippen LogP contribution in [0.4, 0.5) is 13.2 Å². The molecule has 0 rings (SSSR count). The molecular formula is C12H17F3NO5-. The Balaban J connectivity index is 4.76. The first-order chi connectivity index (χ1) is 9.33. The molecule has 0 radical (unpaired) electrons. The van der Waals surface area contributed by atoms with Crippen LogP contribution in [0, 0.1) is 5.41 Å². The predicted octanol–water partition coefficient (Wildman–Crippen LogP) is 0.153. The average Bonchev–Trinajstić information content (AvgIpc) is 2.28. The predicted molar refractivity (Wildman–Crippen MR) is 62.6 cm³/mol. The lowest BCUT2D eigenvalue weighted by Crippen LogP contribution is -2.48. The fourth-order valence-corrected chi connectivity index (χ4v) is 1.14. The number of nitrogens with one attached hydrogen (secondary N) is 1. The maximum atomic E-state index is 12.2. The van der Waals surface area contributed by atoms with Crippen molar-refractivity contribution in [1.82, 2.24) is 5.32 Å². The second-order valence-electron chi connectivity index (χ2n) is 5.60. The molecule has 0 aromatic rings. The van der Waals surface area contributed by atoms with Crippen molar-refractivity contribution in [2.45, 2.75) is 45.8 Å². The van der Waals surface area contributed by atoms with E-state index in [9.17, 15) is 32.7 Å². The Morgan fingerprint density at radius 3 is 2.10 bits per heavy atom. The van der Waals surface area contributed by atoms with Gasteiger partial charge in [0, 0.05) is 5.97 Å². The molecule has 0 bridgehead atoms. The first-order valence-electron chi connectivity index (χ1n) is 6.07. The zero-order chi connectivity index (χ0) is 16.8. The Morgan fingerprint density at radius 2 is 1.71 bits per heavy atom. The topological polar surface area (TPSA) is 95.5 Å². The average molecular weight is 312 g/mol. The maximum absolute atomic E-state index is 12.2. The molecule has 0 aliphatic heterocycles. The number of carboxylic acid groups (broad SMARTS) is 1. The molecule has 0 heterocycles. The summed E-state index contributed by atoms with van der Waals surface area (Å²) in [6, 6.07) is -1.70. The highest BCUT2D eigenvalue weighted by atomic mass is 19.4. The fraction of sp³-hybridized carbons (Fsp3) is 0.750. The number of hydrogen-bond acceptors (Lipinski definition) is 5. The van der Waals surface area contributed by atoms with Gasteiger partial charge in [0.1, 0.15) is 6.04 Å². The van der Waals surface area contributed by atoms with E-state index in [1.165, 1.54) is 5.32 Å². The standard InChI is InChI=1S/C12H18F3NO5/c1-11(2,3)6-21-9(19)7(4-5-8(17)18)16-10(20)12(13,14)15/h7H,4-6H2,1-3H3,(H,16,20)(H,17,18)/p-1/t7-/m0/s1. The third-order valence-electron chi connectivity index (χ3n) is 2.13. The number of hydrogen-bond donors (Lipinski definition) is 1. The Bertz CT molecular complexity index is 401. The van der Waals surface area contributed by atoms with Crippen molar-refractivity contribution in [2.75, 3.05) is 6.61 Å². The molecule has 0 unspecified atom stereocenters. The van der Waals surface area contributed by atoms with Gasteiger partial charge in [-0.15, -0.1) is 0 Å². The smallest absolute Gasteiger partial charge is 0.471 e. The van der Waals surface area contributed by atoms with Gasteiger partial charge in [-0.05, 0) is 18.3 Å². The summed E-state index contributed by atoms with van der Waals surface area (Å²) < 4.78 is 41.2. The van der Waals surface area contributed by atoms with Gasteiger partial charge >= 0.3 is 18.1 Å². The van der Waals surface area contributed by atoms with Crippen LogP contribution in [0.5, 0.6) is 0 Å². The van der Waals surface area contributed by atoms with Crippen LogP contribution >= 0.6 is 0 Å². The van der Waals surface area contributed by atoms with Crippen LogP contribution in [-0.4, -0.2) is 36.7 Å². The van der Waals surface area contributed by atoms with Crippen molar-refractivity contribution in [3.63, 3.8) is 0 Å². The zero-order valence-corrected chi connectivity index (χ0v) is 11.9. The highest BCUT2D eigenvalue weighted by Gasteiger charge is 2.41. The number of esters is 1. The zero-order valence-electron chi connectivity index (χ0n) is 11.9. The van der Waals surface area contributed by atoms with E-state index in [1.54, 1.807) is 20.8 Å². The molecule has 0 spiro atoms. The van der Waals surface area contributed by atoms with Gasteiger partial charge in [-0.25, -0.2) is 4.79 Å². The number of carbonyl (C=O) groups is 3. The molecule has 0 aromatic carbocycles. The van der Waals surface area contributed by atoms with Crippen LogP contribution in [0.25, 0.3) is 0 Å². The third-order valence-corrected chi connectivity index (χ3v) is 2.13. The van der Waals surface area contributed by atoms with Crippen LogP contribution in [0.3, 0.4) is 0 Å². The number of carboxylic acids is 1. The molecule has 0 aromatic heterocycles. The monoisotopic (exact) mass is 312 g/mol. The number of rotatable bonds is 6. The molecule has 0 aliphatic carbocycles. The summed E-state index contributed by atoms with van der Waals surface area (Å²) in [5, 5.41) is 11.7. The van der Waals surface area contributed by atoms with E-state index >= 15 is 0 Å². The van der Waals surface area contributed by atoms with Gasteiger partial charge in [0.05, 0.1) is 6.61 Å². The van der Waals surface area contributed by atoms with Crippen molar-refractivity contribution in [3.05, 3.63) is 0 Å². The normalized spacial score (nSPS) is 13.4. The van der Waals surface area contributed by atoms with E-state index < -0.39 is 48.3 Å². The van der Waals surface area contributed by atoms with E-state index in [4.69, 9.17) is 4.74 Å². The van der Waals surface area contributed by atoms with E-state index in [1.807, 2.05) is 0 Å². The number of amides is 1. The number of ether oxygens (including phenoxy) is 1. The van der Waals surface area contributed by atoms with Crippen molar-refractivity contribution in [2.24, 2.45) is 5.41 Å². The SMILES string of the molecule is CC(C)(C)COC(=O)[C@H](CCC(=O)[O-])NC(=O)C(F)(F)F. The molecule has 0 saturated heterocycles. The van der Waals surface area contributed by atoms with Crippen LogP contribution in [0.15, 0.2) is 0 Å². The molecule has 1 amide bonds. The lowest BCUT2D eigenvalue weighted by atomic mass is 9.98. The van der Waals surface area contributed by atoms with Crippen molar-refractivity contribution >= 4 is 17.8 Å². The molecule has 9 heteroatoms. The molecule has 1 N–H and O–H groups in total. The van der Waals surface area contributed by atoms with Crippen molar-refractivity contribution in [1.29, 1.82) is 0 Å². The minimum Gasteiger partial charge on any atom is -0.550 e. The Labute approximate surface area is 119 Å². The van der Waals surface area contributed by atoms with Crippen LogP contribution < -0.4 is 10.4 Å². The minimum absolute atomic E-state index is 0.0878. The highest BCUT2D eigenvalue weighted by molar-refractivity contribution is 5.87. The maximum Gasteiger partial charge on any atom is 0.471 e. The van der Waals surface area contributed by atoms with Crippen LogP contribution in [0.1, 0.15) is 33.6 Å². The molecule has 0 fully saturated rings. The summed E-state index contributed by atoms with van der Waals surface area (Å²) in [5.74, 6) is -5.01. The number of aliphatic carboxylic acids is 1. The lowest BCUT2D eigenvalue weighted by molar-refractivity contribution is -0.305. The van der Waals surface area contributed by atoms with Gasteiger partial charge in [0.2, 0.25) is 0 Å². The Morgan fingerprint density at radius 1 is 1.19 bits per heavy atom. The summed E-state index contributed by atoms with van der Waals surface area (Å²) in [6.45, 7) is 5.09. The largest absolute Gasteiger partial charge is 0.550 e. The van der Waals surface area contributed by atoms with Crippen molar-refractivity contribution < 1.29 is 37.4 Å². The first kappa shape index (κ1) is 19.2. The van der Waals surface area contributed by atoms with Gasteiger partial charge in [0.25, 0.3) is 0 Å². The summed E-state index contributed by atoms with van der Waals surface area (Å²) in [6.07, 6.45) is -6.41. The molecule has 0 aliphatic rings. The highest BCUT2D eigenvalue weighted by Crippen LogP contribution is 2.17. The van der Waals surface area contributed by atoms with E-state index in [2.05, 4.69) is 0 Å². The van der Waals surface area contributed by atoms with Gasteiger partial charge in [0.15, 0.2) is 0 Å². The quantitative estimate of drug-likeness (QED) is 0.705. The van der Waals surface area contributed by atoms with Crippen LogP contribution in [0.2, 0.25) is 0 Å². The second kappa shape index (κ2) is 7.28. The van der Waals surface area contributed by atoms with E-state index in [-0.39, 0.29) is 6.61 Å². The number of alkyl halides is 3. The summed E-state index contributed by atoms with van der Waals surface area (Å²) in [5.41, 5.74) is -0.428. The summed E-state index contributed by atoms with van der Waals surface area (Å²) >= 11 is 0. The second-order valence-corrected chi connectivity index (χ2v) is 5.60. The fourth-order valence-electron chi connectivity index (χ4n) is 1.14. The molecule has 21 heavy (non-hydrogen) atoms.